The molecule has 0 amide bonds. The lowest BCUT2D eigenvalue weighted by molar-refractivity contribution is 0.0872. The Morgan fingerprint density at radius 3 is 2.40 bits per heavy atom. The minimum absolute atomic E-state index is 0.0241. The minimum Gasteiger partial charge on any atom is -0.373 e. The number of aryl methyl sites for hydroxylation is 2. The SMILES string of the molecule is CCCC(OC)c1nc(C)c(CCNC2CC2)c(C)n1. The maximum atomic E-state index is 5.51. The second-order valence-electron chi connectivity index (χ2n) is 5.72. The van der Waals surface area contributed by atoms with Gasteiger partial charge in [-0.15, -0.1) is 0 Å². The molecule has 1 fully saturated rings. The van der Waals surface area contributed by atoms with E-state index in [1.54, 1.807) is 7.11 Å². The Kier molecular flexibility index (Phi) is 5.49. The van der Waals surface area contributed by atoms with Crippen LogP contribution in [0.5, 0.6) is 0 Å². The van der Waals surface area contributed by atoms with E-state index in [-0.39, 0.29) is 6.10 Å². The van der Waals surface area contributed by atoms with Crippen LogP contribution >= 0.6 is 0 Å². The lowest BCUT2D eigenvalue weighted by atomic mass is 10.1. The molecule has 0 aromatic carbocycles. The van der Waals surface area contributed by atoms with Crippen LogP contribution < -0.4 is 5.32 Å². The highest BCUT2D eigenvalue weighted by Gasteiger charge is 2.20. The highest BCUT2D eigenvalue weighted by molar-refractivity contribution is 5.25. The molecule has 1 N–H and O–H groups in total. The lowest BCUT2D eigenvalue weighted by Gasteiger charge is -2.16. The van der Waals surface area contributed by atoms with Gasteiger partial charge in [-0.25, -0.2) is 9.97 Å². The van der Waals surface area contributed by atoms with Crippen molar-refractivity contribution in [2.24, 2.45) is 0 Å². The van der Waals surface area contributed by atoms with Gasteiger partial charge in [0, 0.05) is 24.5 Å². The van der Waals surface area contributed by atoms with Crippen LogP contribution in [-0.2, 0) is 11.2 Å². The Bertz CT molecular complexity index is 420. The van der Waals surface area contributed by atoms with Gasteiger partial charge in [0.15, 0.2) is 5.82 Å². The first kappa shape index (κ1) is 15.4. The number of aromatic nitrogens is 2. The van der Waals surface area contributed by atoms with Crippen molar-refractivity contribution in [1.82, 2.24) is 15.3 Å². The highest BCUT2D eigenvalue weighted by Crippen LogP contribution is 2.22. The molecule has 1 aromatic rings. The van der Waals surface area contributed by atoms with Crippen LogP contribution in [0, 0.1) is 13.8 Å². The lowest BCUT2D eigenvalue weighted by Crippen LogP contribution is -2.21. The number of methoxy groups -OCH3 is 1. The van der Waals surface area contributed by atoms with E-state index in [9.17, 15) is 0 Å². The first-order chi connectivity index (χ1) is 9.65. The molecule has 0 aliphatic heterocycles. The molecule has 1 aliphatic carbocycles. The van der Waals surface area contributed by atoms with Crippen molar-refractivity contribution in [3.05, 3.63) is 22.8 Å². The van der Waals surface area contributed by atoms with Gasteiger partial charge < -0.3 is 10.1 Å². The van der Waals surface area contributed by atoms with E-state index in [2.05, 4.69) is 36.1 Å². The predicted molar refractivity (Wildman–Crippen MR) is 80.9 cm³/mol. The fourth-order valence-electron chi connectivity index (χ4n) is 2.57. The molecule has 1 atom stereocenters. The first-order valence-corrected chi connectivity index (χ1v) is 7.75. The molecule has 4 heteroatoms. The highest BCUT2D eigenvalue weighted by atomic mass is 16.5. The summed E-state index contributed by atoms with van der Waals surface area (Å²) in [4.78, 5) is 9.35. The molecule has 1 aliphatic rings. The fourth-order valence-corrected chi connectivity index (χ4v) is 2.57. The molecule has 112 valence electrons. The van der Waals surface area contributed by atoms with Crippen LogP contribution in [0.25, 0.3) is 0 Å². The summed E-state index contributed by atoms with van der Waals surface area (Å²) in [7, 11) is 1.74. The van der Waals surface area contributed by atoms with Crippen molar-refractivity contribution in [1.29, 1.82) is 0 Å². The second-order valence-corrected chi connectivity index (χ2v) is 5.72. The molecule has 1 heterocycles. The van der Waals surface area contributed by atoms with Gasteiger partial charge in [-0.1, -0.05) is 13.3 Å². The van der Waals surface area contributed by atoms with Crippen molar-refractivity contribution in [3.63, 3.8) is 0 Å². The molecule has 20 heavy (non-hydrogen) atoms. The topological polar surface area (TPSA) is 47.0 Å². The Hall–Kier alpha value is -1.00. The maximum absolute atomic E-state index is 5.51. The van der Waals surface area contributed by atoms with E-state index in [0.29, 0.717) is 0 Å². The summed E-state index contributed by atoms with van der Waals surface area (Å²) in [5.74, 6) is 0.836. The van der Waals surface area contributed by atoms with Gasteiger partial charge in [-0.3, -0.25) is 0 Å². The van der Waals surface area contributed by atoms with E-state index in [1.165, 1.54) is 18.4 Å². The zero-order valence-corrected chi connectivity index (χ0v) is 13.2. The minimum atomic E-state index is 0.0241. The van der Waals surface area contributed by atoms with Crippen LogP contribution in [0.4, 0.5) is 0 Å². The molecular weight excluding hydrogens is 250 g/mol. The Balaban J connectivity index is 2.05. The molecular formula is C16H27N3O. The number of nitrogens with one attached hydrogen (secondary N) is 1. The Labute approximate surface area is 122 Å². The quantitative estimate of drug-likeness (QED) is 0.793. The van der Waals surface area contributed by atoms with E-state index in [1.807, 2.05) is 0 Å². The predicted octanol–water partition coefficient (Wildman–Crippen LogP) is 2.88. The number of ether oxygens (including phenoxy) is 1. The van der Waals surface area contributed by atoms with Crippen LogP contribution in [0.1, 0.15) is 61.5 Å². The average molecular weight is 277 g/mol. The third-order valence-corrected chi connectivity index (χ3v) is 3.95. The van der Waals surface area contributed by atoms with Gasteiger partial charge in [0.2, 0.25) is 0 Å². The molecule has 1 unspecified atom stereocenters. The first-order valence-electron chi connectivity index (χ1n) is 7.75. The second kappa shape index (κ2) is 7.14. The van der Waals surface area contributed by atoms with Crippen molar-refractivity contribution < 1.29 is 4.74 Å². The fraction of sp³-hybridized carbons (Fsp3) is 0.750. The third kappa shape index (κ3) is 4.00. The standard InChI is InChI=1S/C16H27N3O/c1-5-6-15(20-4)16-18-11(2)14(12(3)19-16)9-10-17-13-7-8-13/h13,15,17H,5-10H2,1-4H3. The van der Waals surface area contributed by atoms with Crippen LogP contribution in [0.3, 0.4) is 0 Å². The number of rotatable bonds is 8. The van der Waals surface area contributed by atoms with Gasteiger partial charge in [0.05, 0.1) is 0 Å². The number of nitrogens with zero attached hydrogens (tertiary/aromatic N) is 2. The summed E-state index contributed by atoms with van der Waals surface area (Å²) in [6.45, 7) is 7.36. The summed E-state index contributed by atoms with van der Waals surface area (Å²) in [6.07, 6.45) is 5.75. The Morgan fingerprint density at radius 2 is 1.90 bits per heavy atom. The van der Waals surface area contributed by atoms with E-state index < -0.39 is 0 Å². The van der Waals surface area contributed by atoms with Crippen molar-refractivity contribution in [3.8, 4) is 0 Å². The van der Waals surface area contributed by atoms with E-state index in [0.717, 1.165) is 49.1 Å². The van der Waals surface area contributed by atoms with Crippen molar-refractivity contribution in [2.45, 2.75) is 65.0 Å². The summed E-state index contributed by atoms with van der Waals surface area (Å²) in [6, 6.07) is 0.762. The van der Waals surface area contributed by atoms with Gasteiger partial charge in [-0.05, 0) is 51.6 Å². The molecule has 1 aromatic heterocycles. The molecule has 2 rings (SSSR count). The molecule has 4 nitrogen and oxygen atoms in total. The third-order valence-electron chi connectivity index (χ3n) is 3.95. The van der Waals surface area contributed by atoms with E-state index >= 15 is 0 Å². The van der Waals surface area contributed by atoms with Crippen LogP contribution in [0.2, 0.25) is 0 Å². The summed E-state index contributed by atoms with van der Waals surface area (Å²) in [5, 5.41) is 3.55. The molecule has 0 radical (unpaired) electrons. The summed E-state index contributed by atoms with van der Waals surface area (Å²) < 4.78 is 5.51. The maximum Gasteiger partial charge on any atom is 0.157 e. The van der Waals surface area contributed by atoms with Crippen molar-refractivity contribution in [2.75, 3.05) is 13.7 Å². The largest absolute Gasteiger partial charge is 0.373 e. The Morgan fingerprint density at radius 1 is 1.25 bits per heavy atom. The summed E-state index contributed by atoms with van der Waals surface area (Å²) in [5.41, 5.74) is 3.49. The van der Waals surface area contributed by atoms with Crippen molar-refractivity contribution >= 4 is 0 Å². The molecule has 0 saturated heterocycles. The van der Waals surface area contributed by atoms with Crippen LogP contribution in [-0.4, -0.2) is 29.7 Å². The molecule has 0 bridgehead atoms. The average Bonchev–Trinajstić information content (AvgIpc) is 3.23. The normalized spacial score (nSPS) is 16.4. The van der Waals surface area contributed by atoms with Gasteiger partial charge in [0.25, 0.3) is 0 Å². The summed E-state index contributed by atoms with van der Waals surface area (Å²) >= 11 is 0. The molecule has 1 saturated carbocycles. The van der Waals surface area contributed by atoms with Crippen LogP contribution in [0.15, 0.2) is 0 Å². The number of hydrogen-bond acceptors (Lipinski definition) is 4. The van der Waals surface area contributed by atoms with E-state index in [4.69, 9.17) is 4.74 Å². The molecule has 0 spiro atoms. The monoisotopic (exact) mass is 277 g/mol. The zero-order chi connectivity index (χ0) is 14.5. The van der Waals surface area contributed by atoms with Gasteiger partial charge >= 0.3 is 0 Å². The van der Waals surface area contributed by atoms with Gasteiger partial charge in [-0.2, -0.15) is 0 Å². The van der Waals surface area contributed by atoms with Gasteiger partial charge in [0.1, 0.15) is 6.10 Å². The number of hydrogen-bond donors (Lipinski definition) is 1. The zero-order valence-electron chi connectivity index (χ0n) is 13.2. The smallest absolute Gasteiger partial charge is 0.157 e.